The molecular formula is C17H17NO2. The van der Waals surface area contributed by atoms with E-state index in [1.165, 1.54) is 0 Å². The normalized spacial score (nSPS) is 12.2. The van der Waals surface area contributed by atoms with Crippen molar-refractivity contribution in [3.05, 3.63) is 70.6 Å². The SMILES string of the molecule is CC(C)C(C(=O)c1ccc(N=O)cc1)c1ccccc1. The maximum absolute atomic E-state index is 12.7. The monoisotopic (exact) mass is 267 g/mol. The number of nitrogens with zero attached hydrogens (tertiary/aromatic N) is 1. The Labute approximate surface area is 118 Å². The predicted octanol–water partition coefficient (Wildman–Crippen LogP) is 4.71. The van der Waals surface area contributed by atoms with Crippen molar-refractivity contribution in [3.63, 3.8) is 0 Å². The van der Waals surface area contributed by atoms with Crippen LogP contribution in [0.1, 0.15) is 35.7 Å². The van der Waals surface area contributed by atoms with Crippen molar-refractivity contribution in [2.45, 2.75) is 19.8 Å². The molecule has 0 heterocycles. The molecule has 0 aliphatic heterocycles. The first-order valence-corrected chi connectivity index (χ1v) is 6.66. The van der Waals surface area contributed by atoms with Gasteiger partial charge < -0.3 is 0 Å². The molecule has 3 nitrogen and oxygen atoms in total. The van der Waals surface area contributed by atoms with Crippen LogP contribution in [0.2, 0.25) is 0 Å². The second-order valence-electron chi connectivity index (χ2n) is 5.13. The van der Waals surface area contributed by atoms with Gasteiger partial charge in [-0.1, -0.05) is 44.2 Å². The van der Waals surface area contributed by atoms with Crippen LogP contribution in [0.15, 0.2) is 59.8 Å². The second kappa shape index (κ2) is 6.24. The fourth-order valence-electron chi connectivity index (χ4n) is 2.37. The van der Waals surface area contributed by atoms with Crippen molar-refractivity contribution in [3.8, 4) is 0 Å². The van der Waals surface area contributed by atoms with Gasteiger partial charge in [0.1, 0.15) is 5.69 Å². The zero-order valence-electron chi connectivity index (χ0n) is 11.6. The van der Waals surface area contributed by atoms with Gasteiger partial charge in [-0.25, -0.2) is 0 Å². The van der Waals surface area contributed by atoms with Crippen LogP contribution in [-0.2, 0) is 0 Å². The van der Waals surface area contributed by atoms with Crippen molar-refractivity contribution in [2.75, 3.05) is 0 Å². The van der Waals surface area contributed by atoms with Gasteiger partial charge in [0.2, 0.25) is 0 Å². The molecule has 0 saturated heterocycles. The van der Waals surface area contributed by atoms with E-state index in [9.17, 15) is 9.70 Å². The number of hydrogen-bond acceptors (Lipinski definition) is 3. The molecule has 2 aromatic rings. The Balaban J connectivity index is 2.34. The van der Waals surface area contributed by atoms with Gasteiger partial charge in [0, 0.05) is 11.5 Å². The third-order valence-corrected chi connectivity index (χ3v) is 3.37. The summed E-state index contributed by atoms with van der Waals surface area (Å²) >= 11 is 0. The molecule has 3 heteroatoms. The maximum Gasteiger partial charge on any atom is 0.170 e. The van der Waals surface area contributed by atoms with Crippen LogP contribution in [0.4, 0.5) is 5.69 Å². The number of carbonyl (C=O) groups is 1. The summed E-state index contributed by atoms with van der Waals surface area (Å²) < 4.78 is 0. The van der Waals surface area contributed by atoms with Gasteiger partial charge >= 0.3 is 0 Å². The molecular weight excluding hydrogens is 250 g/mol. The highest BCUT2D eigenvalue weighted by Crippen LogP contribution is 2.29. The fraction of sp³-hybridized carbons (Fsp3) is 0.235. The van der Waals surface area contributed by atoms with E-state index in [0.29, 0.717) is 11.3 Å². The number of carbonyl (C=O) groups excluding carboxylic acids is 1. The van der Waals surface area contributed by atoms with Crippen molar-refractivity contribution < 1.29 is 4.79 Å². The zero-order chi connectivity index (χ0) is 14.5. The highest BCUT2D eigenvalue weighted by atomic mass is 16.3. The summed E-state index contributed by atoms with van der Waals surface area (Å²) in [5.41, 5.74) is 1.97. The standard InChI is InChI=1S/C17H17NO2/c1-12(2)16(13-6-4-3-5-7-13)17(19)14-8-10-15(18-20)11-9-14/h3-12,16H,1-2H3. The number of Topliss-reactive ketones (excluding diaryl/α,β-unsaturated/α-hetero) is 1. The van der Waals surface area contributed by atoms with Gasteiger partial charge in [-0.15, -0.1) is 4.91 Å². The molecule has 2 rings (SSSR count). The van der Waals surface area contributed by atoms with Gasteiger partial charge in [-0.3, -0.25) is 4.79 Å². The average molecular weight is 267 g/mol. The molecule has 0 fully saturated rings. The molecule has 0 spiro atoms. The number of benzene rings is 2. The minimum absolute atomic E-state index is 0.0728. The highest BCUT2D eigenvalue weighted by molar-refractivity contribution is 6.01. The Morgan fingerprint density at radius 3 is 2.05 bits per heavy atom. The van der Waals surface area contributed by atoms with Crippen molar-refractivity contribution in [1.29, 1.82) is 0 Å². The van der Waals surface area contributed by atoms with Crippen LogP contribution in [-0.4, -0.2) is 5.78 Å². The van der Waals surface area contributed by atoms with Crippen LogP contribution in [0.25, 0.3) is 0 Å². The molecule has 0 N–H and O–H groups in total. The summed E-state index contributed by atoms with van der Waals surface area (Å²) in [6, 6.07) is 16.2. The lowest BCUT2D eigenvalue weighted by Crippen LogP contribution is -2.18. The summed E-state index contributed by atoms with van der Waals surface area (Å²) in [5, 5.41) is 2.85. The summed E-state index contributed by atoms with van der Waals surface area (Å²) in [6.45, 7) is 4.08. The molecule has 102 valence electrons. The van der Waals surface area contributed by atoms with Gasteiger partial charge in [0.05, 0.1) is 0 Å². The van der Waals surface area contributed by atoms with Gasteiger partial charge in [-0.2, -0.15) is 0 Å². The summed E-state index contributed by atoms with van der Waals surface area (Å²) in [7, 11) is 0. The number of hydrogen-bond donors (Lipinski definition) is 0. The van der Waals surface area contributed by atoms with Crippen LogP contribution >= 0.6 is 0 Å². The molecule has 0 aliphatic carbocycles. The Hall–Kier alpha value is -2.29. The topological polar surface area (TPSA) is 46.5 Å². The predicted molar refractivity (Wildman–Crippen MR) is 80.2 cm³/mol. The molecule has 1 atom stereocenters. The van der Waals surface area contributed by atoms with E-state index >= 15 is 0 Å². The van der Waals surface area contributed by atoms with E-state index in [4.69, 9.17) is 0 Å². The van der Waals surface area contributed by atoms with E-state index in [1.807, 2.05) is 44.2 Å². The summed E-state index contributed by atoms with van der Waals surface area (Å²) in [6.07, 6.45) is 0. The first-order chi connectivity index (χ1) is 9.63. The lowest BCUT2D eigenvalue weighted by molar-refractivity contribution is 0.0938. The second-order valence-corrected chi connectivity index (χ2v) is 5.13. The Kier molecular flexibility index (Phi) is 4.41. The molecule has 1 unspecified atom stereocenters. The molecule has 0 saturated carbocycles. The maximum atomic E-state index is 12.7. The van der Waals surface area contributed by atoms with E-state index < -0.39 is 0 Å². The lowest BCUT2D eigenvalue weighted by Gasteiger charge is -2.20. The highest BCUT2D eigenvalue weighted by Gasteiger charge is 2.24. The van der Waals surface area contributed by atoms with Crippen molar-refractivity contribution >= 4 is 11.5 Å². The van der Waals surface area contributed by atoms with Crippen LogP contribution in [0.5, 0.6) is 0 Å². The molecule has 20 heavy (non-hydrogen) atoms. The fourth-order valence-corrected chi connectivity index (χ4v) is 2.37. The molecule has 0 radical (unpaired) electrons. The zero-order valence-corrected chi connectivity index (χ0v) is 11.6. The molecule has 0 aromatic heterocycles. The third-order valence-electron chi connectivity index (χ3n) is 3.37. The quantitative estimate of drug-likeness (QED) is 0.582. The molecule has 0 bridgehead atoms. The van der Waals surface area contributed by atoms with E-state index in [0.717, 1.165) is 5.56 Å². The molecule has 0 aliphatic rings. The lowest BCUT2D eigenvalue weighted by atomic mass is 9.82. The largest absolute Gasteiger partial charge is 0.293 e. The van der Waals surface area contributed by atoms with Crippen molar-refractivity contribution in [2.24, 2.45) is 11.1 Å². The van der Waals surface area contributed by atoms with E-state index in [1.54, 1.807) is 24.3 Å². The summed E-state index contributed by atoms with van der Waals surface area (Å²) in [4.78, 5) is 23.1. The summed E-state index contributed by atoms with van der Waals surface area (Å²) in [5.74, 6) is 0.101. The first kappa shape index (κ1) is 14.1. The van der Waals surface area contributed by atoms with Crippen LogP contribution in [0, 0.1) is 10.8 Å². The molecule has 0 amide bonds. The van der Waals surface area contributed by atoms with Crippen LogP contribution < -0.4 is 0 Å². The average Bonchev–Trinajstić information content (AvgIpc) is 2.48. The van der Waals surface area contributed by atoms with Crippen molar-refractivity contribution in [1.82, 2.24) is 0 Å². The minimum Gasteiger partial charge on any atom is -0.293 e. The van der Waals surface area contributed by atoms with Crippen LogP contribution in [0.3, 0.4) is 0 Å². The number of ketones is 1. The third kappa shape index (κ3) is 2.99. The molecule has 2 aromatic carbocycles. The smallest absolute Gasteiger partial charge is 0.170 e. The number of rotatable bonds is 5. The van der Waals surface area contributed by atoms with E-state index in [-0.39, 0.29) is 17.6 Å². The first-order valence-electron chi connectivity index (χ1n) is 6.66. The minimum atomic E-state index is -0.175. The number of nitroso groups, excluding NO2 is 1. The Bertz CT molecular complexity index is 588. The van der Waals surface area contributed by atoms with Gasteiger partial charge in [-0.05, 0) is 40.9 Å². The Morgan fingerprint density at radius 2 is 1.55 bits per heavy atom. The van der Waals surface area contributed by atoms with Gasteiger partial charge in [0.25, 0.3) is 0 Å². The Morgan fingerprint density at radius 1 is 0.950 bits per heavy atom. The van der Waals surface area contributed by atoms with E-state index in [2.05, 4.69) is 5.18 Å². The van der Waals surface area contributed by atoms with Gasteiger partial charge in [0.15, 0.2) is 5.78 Å².